The van der Waals surface area contributed by atoms with Gasteiger partial charge in [-0.25, -0.2) is 9.37 Å². The van der Waals surface area contributed by atoms with E-state index in [0.29, 0.717) is 24.5 Å². The fourth-order valence-corrected chi connectivity index (χ4v) is 1.84. The van der Waals surface area contributed by atoms with Crippen LogP contribution in [0.5, 0.6) is 5.88 Å². The van der Waals surface area contributed by atoms with Gasteiger partial charge in [-0.05, 0) is 35.4 Å². The van der Waals surface area contributed by atoms with Gasteiger partial charge < -0.3 is 10.1 Å². The maximum Gasteiger partial charge on any atom is 0.213 e. The van der Waals surface area contributed by atoms with E-state index in [1.807, 2.05) is 18.2 Å². The molecule has 5 heteroatoms. The number of nitriles is 1. The molecule has 0 unspecified atom stereocenters. The predicted octanol–water partition coefficient (Wildman–Crippen LogP) is 2.39. The summed E-state index contributed by atoms with van der Waals surface area (Å²) >= 11 is 0. The van der Waals surface area contributed by atoms with Crippen molar-refractivity contribution < 1.29 is 9.13 Å². The Hall–Kier alpha value is -2.45. The number of ether oxygens (including phenoxy) is 1. The molecule has 0 saturated heterocycles. The molecule has 0 aliphatic heterocycles. The van der Waals surface area contributed by atoms with E-state index < -0.39 is 5.82 Å². The average molecular weight is 271 g/mol. The summed E-state index contributed by atoms with van der Waals surface area (Å²) in [6.07, 6.45) is 1.67. The third kappa shape index (κ3) is 3.77. The van der Waals surface area contributed by atoms with Crippen LogP contribution in [0.3, 0.4) is 0 Å². The molecule has 0 saturated carbocycles. The predicted molar refractivity (Wildman–Crippen MR) is 72.4 cm³/mol. The lowest BCUT2D eigenvalue weighted by Gasteiger charge is -2.07. The molecule has 1 aromatic heterocycles. The second kappa shape index (κ2) is 6.64. The highest BCUT2D eigenvalue weighted by Gasteiger charge is 2.01. The van der Waals surface area contributed by atoms with E-state index in [0.717, 1.165) is 11.1 Å². The van der Waals surface area contributed by atoms with Gasteiger partial charge in [0.25, 0.3) is 0 Å². The van der Waals surface area contributed by atoms with Gasteiger partial charge in [-0.2, -0.15) is 5.26 Å². The zero-order chi connectivity index (χ0) is 14.4. The van der Waals surface area contributed by atoms with Crippen molar-refractivity contribution in [2.75, 3.05) is 7.11 Å². The van der Waals surface area contributed by atoms with Crippen LogP contribution in [-0.2, 0) is 13.1 Å². The van der Waals surface area contributed by atoms with Crippen LogP contribution in [-0.4, -0.2) is 12.1 Å². The van der Waals surface area contributed by atoms with Crippen LogP contribution in [0.15, 0.2) is 36.5 Å². The molecule has 2 rings (SSSR count). The smallest absolute Gasteiger partial charge is 0.213 e. The molecule has 20 heavy (non-hydrogen) atoms. The zero-order valence-electron chi connectivity index (χ0n) is 11.1. The molecule has 1 heterocycles. The first-order chi connectivity index (χ1) is 9.71. The molecule has 0 aliphatic rings. The minimum atomic E-state index is -0.397. The second-order valence-corrected chi connectivity index (χ2v) is 4.27. The first kappa shape index (κ1) is 14.0. The molecule has 2 aromatic rings. The van der Waals surface area contributed by atoms with Crippen LogP contribution in [0.25, 0.3) is 0 Å². The van der Waals surface area contributed by atoms with Gasteiger partial charge in [-0.1, -0.05) is 0 Å². The first-order valence-electron chi connectivity index (χ1n) is 6.10. The van der Waals surface area contributed by atoms with Crippen LogP contribution in [0.4, 0.5) is 4.39 Å². The van der Waals surface area contributed by atoms with Crippen LogP contribution in [0, 0.1) is 17.1 Å². The van der Waals surface area contributed by atoms with E-state index in [4.69, 9.17) is 10.00 Å². The molecule has 1 aromatic carbocycles. The van der Waals surface area contributed by atoms with Gasteiger partial charge in [-0.3, -0.25) is 0 Å². The number of pyridine rings is 1. The van der Waals surface area contributed by atoms with Gasteiger partial charge >= 0.3 is 0 Å². The Labute approximate surface area is 116 Å². The maximum absolute atomic E-state index is 13.3. The summed E-state index contributed by atoms with van der Waals surface area (Å²) < 4.78 is 18.3. The molecule has 4 nitrogen and oxygen atoms in total. The van der Waals surface area contributed by atoms with Crippen LogP contribution in [0.1, 0.15) is 16.7 Å². The zero-order valence-corrected chi connectivity index (χ0v) is 11.1. The van der Waals surface area contributed by atoms with E-state index in [1.54, 1.807) is 19.4 Å². The second-order valence-electron chi connectivity index (χ2n) is 4.27. The minimum absolute atomic E-state index is 0.326. The quantitative estimate of drug-likeness (QED) is 0.907. The molecule has 102 valence electrons. The largest absolute Gasteiger partial charge is 0.481 e. The normalized spacial score (nSPS) is 10.1. The summed E-state index contributed by atoms with van der Waals surface area (Å²) in [5.41, 5.74) is 2.09. The molecule has 1 N–H and O–H groups in total. The molecule has 0 bridgehead atoms. The molecular weight excluding hydrogens is 257 g/mol. The lowest BCUT2D eigenvalue weighted by Crippen LogP contribution is -2.13. The molecular formula is C15H14FN3O. The van der Waals surface area contributed by atoms with Crippen molar-refractivity contribution in [2.24, 2.45) is 0 Å². The topological polar surface area (TPSA) is 57.9 Å². The van der Waals surface area contributed by atoms with E-state index in [2.05, 4.69) is 10.3 Å². The minimum Gasteiger partial charge on any atom is -0.481 e. The summed E-state index contributed by atoms with van der Waals surface area (Å²) in [6, 6.07) is 9.96. The number of hydrogen-bond acceptors (Lipinski definition) is 4. The number of methoxy groups -OCH3 is 1. The molecule has 0 amide bonds. The van der Waals surface area contributed by atoms with Crippen molar-refractivity contribution in [3.05, 3.63) is 59.0 Å². The van der Waals surface area contributed by atoms with Gasteiger partial charge in [0.05, 0.1) is 18.7 Å². The SMILES string of the molecule is COc1cc(CNCc2cc(F)cc(C#N)c2)ccn1. The van der Waals surface area contributed by atoms with Gasteiger partial charge in [0.2, 0.25) is 5.88 Å². The van der Waals surface area contributed by atoms with Crippen molar-refractivity contribution in [3.8, 4) is 11.9 Å². The van der Waals surface area contributed by atoms with Crippen LogP contribution < -0.4 is 10.1 Å². The monoisotopic (exact) mass is 271 g/mol. The highest BCUT2D eigenvalue weighted by Crippen LogP contribution is 2.10. The molecule has 0 aliphatic carbocycles. The molecule has 0 atom stereocenters. The first-order valence-corrected chi connectivity index (χ1v) is 6.10. The lowest BCUT2D eigenvalue weighted by molar-refractivity contribution is 0.397. The Morgan fingerprint density at radius 2 is 2.05 bits per heavy atom. The maximum atomic E-state index is 13.3. The van der Waals surface area contributed by atoms with E-state index in [1.165, 1.54) is 12.1 Å². The summed E-state index contributed by atoms with van der Waals surface area (Å²) in [6.45, 7) is 1.09. The average Bonchev–Trinajstić information content (AvgIpc) is 2.47. The number of halogens is 1. The highest BCUT2D eigenvalue weighted by molar-refractivity contribution is 5.33. The lowest BCUT2D eigenvalue weighted by atomic mass is 10.1. The van der Waals surface area contributed by atoms with Gasteiger partial charge in [0.15, 0.2) is 0 Å². The number of hydrogen-bond donors (Lipinski definition) is 1. The van der Waals surface area contributed by atoms with Gasteiger partial charge in [-0.15, -0.1) is 0 Å². The van der Waals surface area contributed by atoms with Gasteiger partial charge in [0.1, 0.15) is 5.82 Å². The third-order valence-corrected chi connectivity index (χ3v) is 2.75. The number of nitrogens with one attached hydrogen (secondary N) is 1. The Bertz CT molecular complexity index is 637. The number of benzene rings is 1. The molecule has 0 radical (unpaired) electrons. The van der Waals surface area contributed by atoms with Crippen LogP contribution >= 0.6 is 0 Å². The highest BCUT2D eigenvalue weighted by atomic mass is 19.1. The Morgan fingerprint density at radius 3 is 2.80 bits per heavy atom. The van der Waals surface area contributed by atoms with Crippen molar-refractivity contribution in [1.82, 2.24) is 10.3 Å². The van der Waals surface area contributed by atoms with E-state index >= 15 is 0 Å². The van der Waals surface area contributed by atoms with Gasteiger partial charge in [0, 0.05) is 25.4 Å². The summed E-state index contributed by atoms with van der Waals surface area (Å²) in [5.74, 6) is 0.160. The number of rotatable bonds is 5. The van der Waals surface area contributed by atoms with Crippen LogP contribution in [0.2, 0.25) is 0 Å². The molecule has 0 fully saturated rings. The Morgan fingerprint density at radius 1 is 1.25 bits per heavy atom. The number of nitrogens with zero attached hydrogens (tertiary/aromatic N) is 2. The fourth-order valence-electron chi connectivity index (χ4n) is 1.84. The Balaban J connectivity index is 1.96. The standard InChI is InChI=1S/C15H14FN3O/c1-20-15-7-11(2-3-19-15)9-18-10-13-4-12(8-17)5-14(16)6-13/h2-7,18H,9-10H2,1H3. The third-order valence-electron chi connectivity index (χ3n) is 2.75. The van der Waals surface area contributed by atoms with Crippen molar-refractivity contribution in [1.29, 1.82) is 5.26 Å². The van der Waals surface area contributed by atoms with E-state index in [9.17, 15) is 4.39 Å². The summed E-state index contributed by atoms with van der Waals surface area (Å²) in [4.78, 5) is 4.02. The van der Waals surface area contributed by atoms with Crippen molar-refractivity contribution in [3.63, 3.8) is 0 Å². The Kier molecular flexibility index (Phi) is 4.64. The summed E-state index contributed by atoms with van der Waals surface area (Å²) in [5, 5.41) is 12.0. The fraction of sp³-hybridized carbons (Fsp3) is 0.200. The number of aromatic nitrogens is 1. The van der Waals surface area contributed by atoms with Crippen molar-refractivity contribution >= 4 is 0 Å². The summed E-state index contributed by atoms with van der Waals surface area (Å²) in [7, 11) is 1.57. The van der Waals surface area contributed by atoms with E-state index in [-0.39, 0.29) is 0 Å². The van der Waals surface area contributed by atoms with Crippen molar-refractivity contribution in [2.45, 2.75) is 13.1 Å². The molecule has 0 spiro atoms.